The minimum Gasteiger partial charge on any atom is -0.478 e. The zero-order valence-electron chi connectivity index (χ0n) is 12.9. The van der Waals surface area contributed by atoms with Crippen LogP contribution in [0.4, 0.5) is 5.69 Å². The summed E-state index contributed by atoms with van der Waals surface area (Å²) < 4.78 is 0. The van der Waals surface area contributed by atoms with Crippen LogP contribution in [0.5, 0.6) is 0 Å². The van der Waals surface area contributed by atoms with Crippen LogP contribution >= 0.6 is 23.2 Å². The maximum atomic E-state index is 12.7. The van der Waals surface area contributed by atoms with Crippen LogP contribution in [0.1, 0.15) is 20.8 Å². The van der Waals surface area contributed by atoms with Gasteiger partial charge in [-0.25, -0.2) is 14.8 Å². The Balaban J connectivity index is 2.23. The zero-order valence-corrected chi connectivity index (χ0v) is 14.4. The number of carboxylic acids is 1. The van der Waals surface area contributed by atoms with E-state index in [1.165, 1.54) is 42.7 Å². The fraction of sp³-hybridized carbons (Fsp3) is 0.0588. The molecule has 0 saturated heterocycles. The highest BCUT2D eigenvalue weighted by Gasteiger charge is 2.20. The van der Waals surface area contributed by atoms with Crippen molar-refractivity contribution in [3.8, 4) is 0 Å². The van der Waals surface area contributed by atoms with Gasteiger partial charge in [0.05, 0.1) is 16.3 Å². The average molecular weight is 376 g/mol. The number of rotatable bonds is 3. The SMILES string of the molecule is CN(C(=O)c1ccncn1)c1cc(C(=O)O)cc2cc(Cl)cc(Cl)c12. The summed E-state index contributed by atoms with van der Waals surface area (Å²) in [5.74, 6) is -1.54. The van der Waals surface area contributed by atoms with Crippen LogP contribution < -0.4 is 4.90 Å². The smallest absolute Gasteiger partial charge is 0.335 e. The number of carbonyl (C=O) groups is 2. The molecule has 1 heterocycles. The van der Waals surface area contributed by atoms with Crippen molar-refractivity contribution in [3.63, 3.8) is 0 Å². The van der Waals surface area contributed by atoms with Gasteiger partial charge >= 0.3 is 5.97 Å². The minimum absolute atomic E-state index is 0.0168. The van der Waals surface area contributed by atoms with Crippen LogP contribution in [0.25, 0.3) is 10.8 Å². The fourth-order valence-corrected chi connectivity index (χ4v) is 3.10. The number of aromatic nitrogens is 2. The average Bonchev–Trinajstić information content (AvgIpc) is 2.59. The lowest BCUT2D eigenvalue weighted by molar-refractivity contribution is 0.0696. The number of anilines is 1. The molecule has 0 radical (unpaired) electrons. The molecule has 3 rings (SSSR count). The van der Waals surface area contributed by atoms with E-state index in [0.717, 1.165) is 0 Å². The molecule has 0 spiro atoms. The van der Waals surface area contributed by atoms with Gasteiger partial charge in [-0.1, -0.05) is 23.2 Å². The van der Waals surface area contributed by atoms with Crippen molar-refractivity contribution in [2.45, 2.75) is 0 Å². The van der Waals surface area contributed by atoms with Gasteiger partial charge in [-0.15, -0.1) is 0 Å². The maximum Gasteiger partial charge on any atom is 0.335 e. The first-order chi connectivity index (χ1) is 11.9. The Kier molecular flexibility index (Phi) is 4.57. The lowest BCUT2D eigenvalue weighted by atomic mass is 10.0. The monoisotopic (exact) mass is 375 g/mol. The van der Waals surface area contributed by atoms with Crippen molar-refractivity contribution in [2.24, 2.45) is 0 Å². The number of fused-ring (bicyclic) bond motifs is 1. The fourth-order valence-electron chi connectivity index (χ4n) is 2.49. The molecule has 1 aromatic heterocycles. The molecule has 0 saturated carbocycles. The van der Waals surface area contributed by atoms with E-state index in [4.69, 9.17) is 23.2 Å². The normalized spacial score (nSPS) is 10.7. The third-order valence-electron chi connectivity index (χ3n) is 3.66. The summed E-state index contributed by atoms with van der Waals surface area (Å²) >= 11 is 12.3. The van der Waals surface area contributed by atoms with E-state index in [9.17, 15) is 14.7 Å². The summed E-state index contributed by atoms with van der Waals surface area (Å²) in [5.41, 5.74) is 0.541. The Morgan fingerprint density at radius 3 is 2.56 bits per heavy atom. The predicted molar refractivity (Wildman–Crippen MR) is 95.7 cm³/mol. The van der Waals surface area contributed by atoms with Crippen molar-refractivity contribution in [1.29, 1.82) is 0 Å². The van der Waals surface area contributed by atoms with E-state index in [-0.39, 0.29) is 11.3 Å². The molecule has 8 heteroatoms. The van der Waals surface area contributed by atoms with E-state index in [1.807, 2.05) is 0 Å². The second-order valence-corrected chi connectivity index (χ2v) is 6.09. The van der Waals surface area contributed by atoms with Crippen LogP contribution in [0, 0.1) is 0 Å². The lowest BCUT2D eigenvalue weighted by Crippen LogP contribution is -2.27. The standard InChI is InChI=1S/C17H11Cl2N3O3/c1-22(16(23)13-2-3-20-8-21-13)14-6-10(17(24)25)4-9-5-11(18)7-12(19)15(9)14/h2-8H,1H3,(H,24,25). The molecule has 25 heavy (non-hydrogen) atoms. The summed E-state index contributed by atoms with van der Waals surface area (Å²) in [6.07, 6.45) is 2.71. The molecule has 1 amide bonds. The summed E-state index contributed by atoms with van der Waals surface area (Å²) in [4.78, 5) is 33.1. The van der Waals surface area contributed by atoms with Gasteiger partial charge in [-0.3, -0.25) is 4.79 Å². The third-order valence-corrected chi connectivity index (χ3v) is 4.18. The van der Waals surface area contributed by atoms with E-state index in [1.54, 1.807) is 12.1 Å². The van der Waals surface area contributed by atoms with Crippen molar-refractivity contribution < 1.29 is 14.7 Å². The molecule has 0 bridgehead atoms. The van der Waals surface area contributed by atoms with E-state index < -0.39 is 11.9 Å². The summed E-state index contributed by atoms with van der Waals surface area (Å²) in [5, 5.41) is 11.1. The number of carboxylic acid groups (broad SMARTS) is 1. The van der Waals surface area contributed by atoms with Gasteiger partial charge in [0.2, 0.25) is 0 Å². The molecule has 6 nitrogen and oxygen atoms in total. The van der Waals surface area contributed by atoms with Crippen LogP contribution in [0.2, 0.25) is 10.0 Å². The summed E-state index contributed by atoms with van der Waals surface area (Å²) in [7, 11) is 1.52. The molecule has 0 aliphatic carbocycles. The summed E-state index contributed by atoms with van der Waals surface area (Å²) in [6.45, 7) is 0. The predicted octanol–water partition coefficient (Wildman–Crippen LogP) is 3.91. The largest absolute Gasteiger partial charge is 0.478 e. The number of benzene rings is 2. The Morgan fingerprint density at radius 2 is 1.92 bits per heavy atom. The quantitative estimate of drug-likeness (QED) is 0.749. The zero-order chi connectivity index (χ0) is 18.1. The Hall–Kier alpha value is -2.70. The third kappa shape index (κ3) is 3.26. The van der Waals surface area contributed by atoms with Crippen LogP contribution in [0.15, 0.2) is 42.9 Å². The van der Waals surface area contributed by atoms with Crippen molar-refractivity contribution in [2.75, 3.05) is 11.9 Å². The Bertz CT molecular complexity index is 993. The number of hydrogen-bond acceptors (Lipinski definition) is 4. The first kappa shape index (κ1) is 17.1. The Morgan fingerprint density at radius 1 is 1.16 bits per heavy atom. The molecule has 126 valence electrons. The van der Waals surface area contributed by atoms with E-state index >= 15 is 0 Å². The number of nitrogens with zero attached hydrogens (tertiary/aromatic N) is 3. The highest BCUT2D eigenvalue weighted by molar-refractivity contribution is 6.40. The van der Waals surface area contributed by atoms with Crippen molar-refractivity contribution >= 4 is 51.5 Å². The van der Waals surface area contributed by atoms with Crippen LogP contribution in [-0.2, 0) is 0 Å². The number of amides is 1. The number of halogens is 2. The van der Waals surface area contributed by atoms with Gasteiger partial charge in [-0.2, -0.15) is 0 Å². The minimum atomic E-state index is -1.12. The first-order valence-electron chi connectivity index (χ1n) is 7.08. The topological polar surface area (TPSA) is 83.4 Å². The second-order valence-electron chi connectivity index (χ2n) is 5.25. The lowest BCUT2D eigenvalue weighted by Gasteiger charge is -2.20. The van der Waals surface area contributed by atoms with Gasteiger partial charge in [0.1, 0.15) is 12.0 Å². The molecule has 0 aliphatic heterocycles. The van der Waals surface area contributed by atoms with Gasteiger partial charge in [0.15, 0.2) is 0 Å². The number of carbonyl (C=O) groups excluding carboxylic acids is 1. The van der Waals surface area contributed by atoms with Crippen molar-refractivity contribution in [1.82, 2.24) is 9.97 Å². The molecular formula is C17H11Cl2N3O3. The molecule has 0 aliphatic rings. The molecule has 3 aromatic rings. The highest BCUT2D eigenvalue weighted by atomic mass is 35.5. The molecule has 0 atom stereocenters. The van der Waals surface area contributed by atoms with E-state index in [2.05, 4.69) is 9.97 Å². The highest BCUT2D eigenvalue weighted by Crippen LogP contribution is 2.36. The number of hydrogen-bond donors (Lipinski definition) is 1. The maximum absolute atomic E-state index is 12.7. The molecule has 0 unspecified atom stereocenters. The van der Waals surface area contributed by atoms with Gasteiger partial charge in [0.25, 0.3) is 5.91 Å². The molecule has 2 aromatic carbocycles. The van der Waals surface area contributed by atoms with Crippen LogP contribution in [-0.4, -0.2) is 34.0 Å². The summed E-state index contributed by atoms with van der Waals surface area (Å²) in [6, 6.07) is 7.46. The van der Waals surface area contributed by atoms with E-state index in [0.29, 0.717) is 26.5 Å². The molecular weight excluding hydrogens is 365 g/mol. The van der Waals surface area contributed by atoms with Crippen molar-refractivity contribution in [3.05, 3.63) is 64.2 Å². The molecule has 1 N–H and O–H groups in total. The second kappa shape index (κ2) is 6.66. The van der Waals surface area contributed by atoms with Gasteiger partial charge in [0, 0.05) is 23.7 Å². The van der Waals surface area contributed by atoms with Gasteiger partial charge < -0.3 is 10.0 Å². The molecule has 0 fully saturated rings. The Labute approximate surface area is 152 Å². The number of aromatic carboxylic acids is 1. The van der Waals surface area contributed by atoms with Crippen LogP contribution in [0.3, 0.4) is 0 Å². The van der Waals surface area contributed by atoms with Gasteiger partial charge in [-0.05, 0) is 35.7 Å². The first-order valence-corrected chi connectivity index (χ1v) is 7.84.